The van der Waals surface area contributed by atoms with Gasteiger partial charge in [0.2, 0.25) is 0 Å². The second-order valence-corrected chi connectivity index (χ2v) is 4.76. The zero-order valence-electron chi connectivity index (χ0n) is 9.44. The first-order valence-electron chi connectivity index (χ1n) is 5.72. The van der Waals surface area contributed by atoms with Gasteiger partial charge in [0.1, 0.15) is 5.52 Å². The molecule has 1 fully saturated rings. The summed E-state index contributed by atoms with van der Waals surface area (Å²) >= 11 is 0. The molecule has 17 heavy (non-hydrogen) atoms. The third-order valence-corrected chi connectivity index (χ3v) is 3.32. The maximum absolute atomic E-state index is 9.20. The van der Waals surface area contributed by atoms with E-state index in [1.807, 2.05) is 6.07 Å². The highest BCUT2D eigenvalue weighted by molar-refractivity contribution is 5.78. The number of anilines is 2. The van der Waals surface area contributed by atoms with Crippen molar-refractivity contribution >= 4 is 22.8 Å². The first-order chi connectivity index (χ1) is 8.21. The summed E-state index contributed by atoms with van der Waals surface area (Å²) < 4.78 is 5.53. The molecule has 0 bridgehead atoms. The van der Waals surface area contributed by atoms with Crippen LogP contribution in [-0.4, -0.2) is 23.2 Å². The zero-order valence-corrected chi connectivity index (χ0v) is 9.44. The fraction of sp³-hybridized carbons (Fsp3) is 0.417. The first kappa shape index (κ1) is 10.4. The Hall–Kier alpha value is -1.75. The molecule has 1 saturated carbocycles. The summed E-state index contributed by atoms with van der Waals surface area (Å²) in [6, 6.07) is 5.86. The lowest BCUT2D eigenvalue weighted by atomic mass is 10.1. The highest BCUT2D eigenvalue weighted by Gasteiger charge is 2.41. The number of hydrogen-bond acceptors (Lipinski definition) is 5. The van der Waals surface area contributed by atoms with Gasteiger partial charge in [-0.2, -0.15) is 4.98 Å². The molecule has 3 rings (SSSR count). The normalized spacial score (nSPS) is 17.2. The summed E-state index contributed by atoms with van der Waals surface area (Å²) in [5, 5.41) is 12.3. The maximum Gasteiger partial charge on any atom is 0.295 e. The molecule has 1 aromatic heterocycles. The third-order valence-electron chi connectivity index (χ3n) is 3.32. The van der Waals surface area contributed by atoms with Gasteiger partial charge in [0.05, 0.1) is 6.61 Å². The lowest BCUT2D eigenvalue weighted by molar-refractivity contribution is 0.219. The van der Waals surface area contributed by atoms with E-state index < -0.39 is 0 Å². The Morgan fingerprint density at radius 2 is 2.29 bits per heavy atom. The van der Waals surface area contributed by atoms with Crippen molar-refractivity contribution in [2.75, 3.05) is 24.2 Å². The number of rotatable bonds is 4. The Balaban J connectivity index is 1.77. The van der Waals surface area contributed by atoms with Crippen LogP contribution in [0.25, 0.3) is 11.1 Å². The van der Waals surface area contributed by atoms with Gasteiger partial charge in [-0.3, -0.25) is 0 Å². The van der Waals surface area contributed by atoms with Gasteiger partial charge < -0.3 is 20.6 Å². The number of aliphatic hydroxyl groups is 1. The lowest BCUT2D eigenvalue weighted by Gasteiger charge is -2.10. The van der Waals surface area contributed by atoms with Crippen molar-refractivity contribution in [3.63, 3.8) is 0 Å². The second kappa shape index (κ2) is 3.63. The smallest absolute Gasteiger partial charge is 0.295 e. The van der Waals surface area contributed by atoms with Crippen LogP contribution >= 0.6 is 0 Å². The Kier molecular flexibility index (Phi) is 2.22. The fourth-order valence-electron chi connectivity index (χ4n) is 1.85. The molecule has 0 atom stereocenters. The third kappa shape index (κ3) is 1.93. The number of nitrogens with two attached hydrogens (primary N) is 1. The predicted octanol–water partition coefficient (Wildman–Crippen LogP) is 1.59. The second-order valence-electron chi connectivity index (χ2n) is 4.76. The largest absolute Gasteiger partial charge is 0.424 e. The summed E-state index contributed by atoms with van der Waals surface area (Å²) in [7, 11) is 0. The quantitative estimate of drug-likeness (QED) is 0.698. The molecule has 1 heterocycles. The van der Waals surface area contributed by atoms with Crippen LogP contribution in [0.4, 0.5) is 11.7 Å². The maximum atomic E-state index is 9.20. The van der Waals surface area contributed by atoms with Crippen molar-refractivity contribution in [3.8, 4) is 0 Å². The summed E-state index contributed by atoms with van der Waals surface area (Å²) in [6.45, 7) is 0.916. The van der Waals surface area contributed by atoms with Crippen LogP contribution < -0.4 is 11.1 Å². The van der Waals surface area contributed by atoms with E-state index in [0.717, 1.165) is 23.9 Å². The Bertz CT molecular complexity index is 546. The van der Waals surface area contributed by atoms with Gasteiger partial charge in [0.25, 0.3) is 6.01 Å². The van der Waals surface area contributed by atoms with Crippen LogP contribution in [0.15, 0.2) is 22.6 Å². The predicted molar refractivity (Wildman–Crippen MR) is 65.7 cm³/mol. The Morgan fingerprint density at radius 1 is 1.47 bits per heavy atom. The van der Waals surface area contributed by atoms with Crippen LogP contribution in [0.3, 0.4) is 0 Å². The van der Waals surface area contributed by atoms with Crippen LogP contribution in [0, 0.1) is 5.41 Å². The van der Waals surface area contributed by atoms with Crippen LogP contribution in [0.5, 0.6) is 0 Å². The molecule has 5 nitrogen and oxygen atoms in total. The van der Waals surface area contributed by atoms with Gasteiger partial charge in [0.15, 0.2) is 5.58 Å². The monoisotopic (exact) mass is 233 g/mol. The SMILES string of the molecule is Nc1ccc2oc(NCC3(CO)CC3)nc2c1. The molecule has 0 aliphatic heterocycles. The van der Waals surface area contributed by atoms with Gasteiger partial charge in [-0.05, 0) is 31.0 Å². The minimum atomic E-state index is 0.0414. The van der Waals surface area contributed by atoms with Gasteiger partial charge in [-0.1, -0.05) is 0 Å². The molecule has 0 spiro atoms. The molecule has 1 aromatic carbocycles. The molecule has 0 radical (unpaired) electrons. The number of benzene rings is 1. The average molecular weight is 233 g/mol. The molecule has 5 heteroatoms. The highest BCUT2D eigenvalue weighted by Crippen LogP contribution is 2.44. The molecule has 90 valence electrons. The molecule has 0 saturated heterocycles. The minimum absolute atomic E-state index is 0.0414. The van der Waals surface area contributed by atoms with E-state index >= 15 is 0 Å². The van der Waals surface area contributed by atoms with Crippen molar-refractivity contribution in [3.05, 3.63) is 18.2 Å². The zero-order chi connectivity index (χ0) is 11.9. The van der Waals surface area contributed by atoms with Gasteiger partial charge in [-0.15, -0.1) is 0 Å². The van der Waals surface area contributed by atoms with E-state index in [-0.39, 0.29) is 12.0 Å². The van der Waals surface area contributed by atoms with Crippen molar-refractivity contribution < 1.29 is 9.52 Å². The molecular weight excluding hydrogens is 218 g/mol. The summed E-state index contributed by atoms with van der Waals surface area (Å²) in [4.78, 5) is 4.30. The van der Waals surface area contributed by atoms with Crippen molar-refractivity contribution in [2.24, 2.45) is 5.41 Å². The van der Waals surface area contributed by atoms with E-state index in [4.69, 9.17) is 10.2 Å². The van der Waals surface area contributed by atoms with Gasteiger partial charge >= 0.3 is 0 Å². The van der Waals surface area contributed by atoms with E-state index in [1.165, 1.54) is 0 Å². The number of nitrogens with one attached hydrogen (secondary N) is 1. The van der Waals surface area contributed by atoms with Crippen molar-refractivity contribution in [1.82, 2.24) is 4.98 Å². The number of nitrogens with zero attached hydrogens (tertiary/aromatic N) is 1. The number of nitrogen functional groups attached to an aromatic ring is 1. The fourth-order valence-corrected chi connectivity index (χ4v) is 1.85. The summed E-state index contributed by atoms with van der Waals surface area (Å²) in [5.41, 5.74) is 7.86. The van der Waals surface area contributed by atoms with Crippen LogP contribution in [-0.2, 0) is 0 Å². The van der Waals surface area contributed by atoms with E-state index in [2.05, 4.69) is 10.3 Å². The number of hydrogen-bond donors (Lipinski definition) is 3. The van der Waals surface area contributed by atoms with Crippen LogP contribution in [0.1, 0.15) is 12.8 Å². The number of aliphatic hydroxyl groups excluding tert-OH is 1. The Morgan fingerprint density at radius 3 is 3.00 bits per heavy atom. The standard InChI is InChI=1S/C12H15N3O2/c13-8-1-2-10-9(5-8)15-11(17-10)14-6-12(7-16)3-4-12/h1-2,5,16H,3-4,6-7,13H2,(H,14,15). The van der Waals surface area contributed by atoms with E-state index in [9.17, 15) is 5.11 Å². The van der Waals surface area contributed by atoms with Crippen molar-refractivity contribution in [1.29, 1.82) is 0 Å². The molecule has 0 unspecified atom stereocenters. The van der Waals surface area contributed by atoms with E-state index in [1.54, 1.807) is 12.1 Å². The molecule has 1 aliphatic rings. The topological polar surface area (TPSA) is 84.3 Å². The first-order valence-corrected chi connectivity index (χ1v) is 5.72. The molecule has 2 aromatic rings. The Labute approximate surface area is 98.6 Å². The summed E-state index contributed by atoms with van der Waals surface area (Å²) in [5.74, 6) is 0. The van der Waals surface area contributed by atoms with Crippen molar-refractivity contribution in [2.45, 2.75) is 12.8 Å². The average Bonchev–Trinajstić information content (AvgIpc) is 3.00. The van der Waals surface area contributed by atoms with E-state index in [0.29, 0.717) is 18.2 Å². The minimum Gasteiger partial charge on any atom is -0.424 e. The van der Waals surface area contributed by atoms with Gasteiger partial charge in [-0.25, -0.2) is 0 Å². The summed E-state index contributed by atoms with van der Waals surface area (Å²) in [6.07, 6.45) is 2.12. The van der Waals surface area contributed by atoms with Gasteiger partial charge in [0, 0.05) is 17.6 Å². The number of oxazole rings is 1. The molecule has 4 N–H and O–H groups in total. The number of fused-ring (bicyclic) bond motifs is 1. The molecular formula is C12H15N3O2. The lowest BCUT2D eigenvalue weighted by Crippen LogP contribution is -2.19. The number of aromatic nitrogens is 1. The van der Waals surface area contributed by atoms with Crippen LogP contribution in [0.2, 0.25) is 0 Å². The highest BCUT2D eigenvalue weighted by atomic mass is 16.4. The molecule has 1 aliphatic carbocycles. The molecule has 0 amide bonds.